The molecule has 1 aliphatic heterocycles. The summed E-state index contributed by atoms with van der Waals surface area (Å²) in [6, 6.07) is 16.0. The predicted octanol–water partition coefficient (Wildman–Crippen LogP) is 3.83. The van der Waals surface area contributed by atoms with Gasteiger partial charge in [0.25, 0.3) is 0 Å². The van der Waals surface area contributed by atoms with Gasteiger partial charge in [0, 0.05) is 12.1 Å². The lowest BCUT2D eigenvalue weighted by molar-refractivity contribution is -0.134. The van der Waals surface area contributed by atoms with Gasteiger partial charge in [-0.25, -0.2) is 0 Å². The number of carbonyl (C=O) groups excluding carboxylic acids is 1. The van der Waals surface area contributed by atoms with E-state index in [1.54, 1.807) is 0 Å². The van der Waals surface area contributed by atoms with Crippen molar-refractivity contribution in [1.82, 2.24) is 4.90 Å². The zero-order valence-corrected chi connectivity index (χ0v) is 16.0. The maximum Gasteiger partial charge on any atom is 0.233 e. The number of nitrogens with zero attached hydrogens (tertiary/aromatic N) is 1. The highest BCUT2D eigenvalue weighted by Crippen LogP contribution is 2.50. The van der Waals surface area contributed by atoms with Crippen LogP contribution in [-0.4, -0.2) is 29.1 Å². The van der Waals surface area contributed by atoms with Crippen molar-refractivity contribution in [2.45, 2.75) is 44.8 Å². The van der Waals surface area contributed by atoms with Crippen molar-refractivity contribution in [2.75, 3.05) is 13.2 Å². The normalized spacial score (nSPS) is 19.0. The minimum absolute atomic E-state index is 0.139. The Morgan fingerprint density at radius 3 is 2.56 bits per heavy atom. The van der Waals surface area contributed by atoms with Gasteiger partial charge in [-0.3, -0.25) is 4.79 Å². The minimum Gasteiger partial charge on any atom is -0.491 e. The second-order valence-corrected chi connectivity index (χ2v) is 8.08. The summed E-state index contributed by atoms with van der Waals surface area (Å²) in [5.74, 6) is 1.15. The zero-order chi connectivity index (χ0) is 19.0. The van der Waals surface area contributed by atoms with Crippen LogP contribution in [-0.2, 0) is 16.8 Å². The number of fused-ring (bicyclic) bond motifs is 1. The lowest BCUT2D eigenvalue weighted by atomic mass is 9.93. The van der Waals surface area contributed by atoms with Crippen LogP contribution in [0.15, 0.2) is 48.5 Å². The lowest BCUT2D eigenvalue weighted by Crippen LogP contribution is -2.40. The van der Waals surface area contributed by atoms with Crippen LogP contribution in [0.5, 0.6) is 5.75 Å². The van der Waals surface area contributed by atoms with Crippen LogP contribution in [0.25, 0.3) is 0 Å². The molecule has 0 aromatic heterocycles. The highest BCUT2D eigenvalue weighted by Gasteiger charge is 2.53. The summed E-state index contributed by atoms with van der Waals surface area (Å²) in [5, 5.41) is 10.4. The molecule has 142 valence electrons. The second-order valence-electron chi connectivity index (χ2n) is 8.08. The molecule has 2 aliphatic rings. The maximum absolute atomic E-state index is 13.4. The molecule has 1 aliphatic carbocycles. The van der Waals surface area contributed by atoms with E-state index in [2.05, 4.69) is 12.1 Å². The molecule has 1 saturated carbocycles. The van der Waals surface area contributed by atoms with Crippen molar-refractivity contribution in [3.63, 3.8) is 0 Å². The summed E-state index contributed by atoms with van der Waals surface area (Å²) in [4.78, 5) is 15.3. The van der Waals surface area contributed by atoms with Gasteiger partial charge in [0.1, 0.15) is 12.4 Å². The molecular formula is C23H27NO3. The van der Waals surface area contributed by atoms with Crippen LogP contribution in [0.4, 0.5) is 0 Å². The number of aliphatic hydroxyl groups is 1. The van der Waals surface area contributed by atoms with E-state index in [-0.39, 0.29) is 17.2 Å². The van der Waals surface area contributed by atoms with E-state index in [1.807, 2.05) is 55.1 Å². The summed E-state index contributed by atoms with van der Waals surface area (Å²) >= 11 is 0. The molecule has 1 amide bonds. The molecule has 4 heteroatoms. The lowest BCUT2D eigenvalue weighted by Gasteiger charge is -2.26. The molecule has 1 heterocycles. The standard InChI is InChI=1S/C23H27NO3/c1-16(2)21(25)17-8-9-20-18(14-17)15-24(12-13-27-20)22(26)23(10-11-23)19-6-4-3-5-7-19/h3-9,14,16,21,25H,10-13,15H2,1-2H3. The molecule has 2 aromatic carbocycles. The second kappa shape index (κ2) is 7.01. The molecule has 4 rings (SSSR count). The average molecular weight is 365 g/mol. The van der Waals surface area contributed by atoms with Crippen LogP contribution in [0, 0.1) is 5.92 Å². The first-order valence-electron chi connectivity index (χ1n) is 9.80. The quantitative estimate of drug-likeness (QED) is 0.896. The third kappa shape index (κ3) is 3.34. The van der Waals surface area contributed by atoms with Gasteiger partial charge in [-0.2, -0.15) is 0 Å². The van der Waals surface area contributed by atoms with Crippen molar-refractivity contribution >= 4 is 5.91 Å². The molecule has 2 aromatic rings. The van der Waals surface area contributed by atoms with Gasteiger partial charge in [-0.05, 0) is 42.0 Å². The van der Waals surface area contributed by atoms with Gasteiger partial charge < -0.3 is 14.7 Å². The van der Waals surface area contributed by atoms with Gasteiger partial charge >= 0.3 is 0 Å². The Morgan fingerprint density at radius 2 is 1.89 bits per heavy atom. The fourth-order valence-electron chi connectivity index (χ4n) is 3.97. The molecule has 0 bridgehead atoms. The number of carbonyl (C=O) groups is 1. The SMILES string of the molecule is CC(C)C(O)c1ccc2c(c1)CN(C(=O)C1(c3ccccc3)CC1)CCO2. The molecule has 27 heavy (non-hydrogen) atoms. The Labute approximate surface area is 160 Å². The molecular weight excluding hydrogens is 338 g/mol. The van der Waals surface area contributed by atoms with Crippen molar-refractivity contribution in [2.24, 2.45) is 5.92 Å². The molecule has 4 nitrogen and oxygen atoms in total. The summed E-state index contributed by atoms with van der Waals surface area (Å²) in [6.07, 6.45) is 1.31. The number of benzene rings is 2. The Balaban J connectivity index is 1.60. The fourth-order valence-corrected chi connectivity index (χ4v) is 3.97. The monoisotopic (exact) mass is 365 g/mol. The number of aliphatic hydroxyl groups excluding tert-OH is 1. The van der Waals surface area contributed by atoms with Gasteiger partial charge in [-0.15, -0.1) is 0 Å². The fraction of sp³-hybridized carbons (Fsp3) is 0.435. The number of rotatable bonds is 4. The van der Waals surface area contributed by atoms with E-state index < -0.39 is 6.10 Å². The summed E-state index contributed by atoms with van der Waals surface area (Å²) < 4.78 is 5.89. The smallest absolute Gasteiger partial charge is 0.233 e. The van der Waals surface area contributed by atoms with Gasteiger partial charge in [0.15, 0.2) is 0 Å². The van der Waals surface area contributed by atoms with Crippen molar-refractivity contribution in [3.8, 4) is 5.75 Å². The first kappa shape index (κ1) is 18.1. The van der Waals surface area contributed by atoms with Crippen LogP contribution in [0.2, 0.25) is 0 Å². The molecule has 0 spiro atoms. The molecule has 1 fully saturated rings. The van der Waals surface area contributed by atoms with Crippen LogP contribution >= 0.6 is 0 Å². The van der Waals surface area contributed by atoms with Gasteiger partial charge in [0.05, 0.1) is 18.1 Å². The number of amides is 1. The van der Waals surface area contributed by atoms with Crippen molar-refractivity contribution < 1.29 is 14.6 Å². The topological polar surface area (TPSA) is 49.8 Å². The molecule has 1 N–H and O–H groups in total. The van der Waals surface area contributed by atoms with E-state index in [0.717, 1.165) is 35.3 Å². The Bertz CT molecular complexity index is 827. The number of ether oxygens (including phenoxy) is 1. The Kier molecular flexibility index (Phi) is 4.68. The van der Waals surface area contributed by atoms with E-state index >= 15 is 0 Å². The highest BCUT2D eigenvalue weighted by molar-refractivity contribution is 5.91. The van der Waals surface area contributed by atoms with Gasteiger partial charge in [-0.1, -0.05) is 50.2 Å². The molecule has 1 unspecified atom stereocenters. The van der Waals surface area contributed by atoms with Gasteiger partial charge in [0.2, 0.25) is 5.91 Å². The maximum atomic E-state index is 13.4. The molecule has 0 saturated heterocycles. The highest BCUT2D eigenvalue weighted by atomic mass is 16.5. The van der Waals surface area contributed by atoms with Crippen molar-refractivity contribution in [3.05, 3.63) is 65.2 Å². The van der Waals surface area contributed by atoms with E-state index in [4.69, 9.17) is 4.74 Å². The van der Waals surface area contributed by atoms with E-state index in [9.17, 15) is 9.90 Å². The van der Waals surface area contributed by atoms with Crippen LogP contribution in [0.3, 0.4) is 0 Å². The first-order valence-corrected chi connectivity index (χ1v) is 9.80. The minimum atomic E-state index is -0.512. The predicted molar refractivity (Wildman–Crippen MR) is 105 cm³/mol. The van der Waals surface area contributed by atoms with Crippen LogP contribution in [0.1, 0.15) is 49.5 Å². The largest absolute Gasteiger partial charge is 0.491 e. The Hall–Kier alpha value is -2.33. The molecule has 1 atom stereocenters. The van der Waals surface area contributed by atoms with Crippen LogP contribution < -0.4 is 4.74 Å². The molecule has 0 radical (unpaired) electrons. The number of hydrogen-bond acceptors (Lipinski definition) is 3. The van der Waals surface area contributed by atoms with E-state index in [0.29, 0.717) is 19.7 Å². The summed E-state index contributed by atoms with van der Waals surface area (Å²) in [7, 11) is 0. The average Bonchev–Trinajstić information content (AvgIpc) is 3.51. The Morgan fingerprint density at radius 1 is 1.15 bits per heavy atom. The third-order valence-electron chi connectivity index (χ3n) is 5.81. The summed E-state index contributed by atoms with van der Waals surface area (Å²) in [5.41, 5.74) is 2.61. The van der Waals surface area contributed by atoms with E-state index in [1.165, 1.54) is 0 Å². The third-order valence-corrected chi connectivity index (χ3v) is 5.81. The van der Waals surface area contributed by atoms with Crippen molar-refractivity contribution in [1.29, 1.82) is 0 Å². The summed E-state index contributed by atoms with van der Waals surface area (Å²) in [6.45, 7) is 5.61. The number of hydrogen-bond donors (Lipinski definition) is 1. The zero-order valence-electron chi connectivity index (χ0n) is 16.0. The first-order chi connectivity index (χ1) is 13.0.